The summed E-state index contributed by atoms with van der Waals surface area (Å²) >= 11 is 0. The molecule has 0 amide bonds. The molecule has 0 bridgehead atoms. The van der Waals surface area contributed by atoms with Gasteiger partial charge in [-0.2, -0.15) is 19.9 Å². The number of nitrogens with zero attached hydrogens (tertiary/aromatic N) is 4. The van der Waals surface area contributed by atoms with Crippen molar-refractivity contribution in [3.63, 3.8) is 0 Å². The molecular formula is C4H6N4O. The maximum atomic E-state index is 9.66. The summed E-state index contributed by atoms with van der Waals surface area (Å²) in [5.41, 5.74) is 0.604. The van der Waals surface area contributed by atoms with Crippen LogP contribution in [0.1, 0.15) is 5.69 Å². The van der Waals surface area contributed by atoms with Crippen molar-refractivity contribution < 1.29 is 0 Å². The maximum absolute atomic E-state index is 9.66. The fourth-order valence-corrected chi connectivity index (χ4v) is 0.526. The van der Waals surface area contributed by atoms with E-state index in [1.165, 1.54) is 11.0 Å². The van der Waals surface area contributed by atoms with Crippen molar-refractivity contribution in [2.45, 2.75) is 6.54 Å². The molecule has 0 saturated heterocycles. The molecule has 0 spiro atoms. The Morgan fingerprint density at radius 3 is 3.11 bits per heavy atom. The summed E-state index contributed by atoms with van der Waals surface area (Å²) in [4.78, 5) is 11.0. The molecule has 1 heterocycles. The van der Waals surface area contributed by atoms with Gasteiger partial charge in [-0.15, -0.1) is 0 Å². The lowest BCUT2D eigenvalue weighted by molar-refractivity contribution is 0.645. The van der Waals surface area contributed by atoms with Crippen LogP contribution in [0.5, 0.6) is 0 Å². The molecule has 0 saturated carbocycles. The first kappa shape index (κ1) is 5.87. The van der Waals surface area contributed by atoms with Crippen molar-refractivity contribution in [2.75, 3.05) is 0 Å². The molecule has 0 unspecified atom stereocenters. The van der Waals surface area contributed by atoms with Gasteiger partial charge in [-0.1, -0.05) is 5.18 Å². The van der Waals surface area contributed by atoms with E-state index in [-0.39, 0.29) is 6.54 Å². The van der Waals surface area contributed by atoms with Gasteiger partial charge in [0.15, 0.2) is 0 Å². The Morgan fingerprint density at radius 2 is 2.67 bits per heavy atom. The van der Waals surface area contributed by atoms with E-state index in [1.54, 1.807) is 7.05 Å². The Morgan fingerprint density at radius 1 is 1.89 bits per heavy atom. The highest BCUT2D eigenvalue weighted by Crippen LogP contribution is 1.90. The summed E-state index contributed by atoms with van der Waals surface area (Å²) in [6, 6.07) is 0. The smallest absolute Gasteiger partial charge is 0.127 e. The summed E-state index contributed by atoms with van der Waals surface area (Å²) in [5.74, 6) is 0. The molecule has 1 aromatic rings. The first-order valence-electron chi connectivity index (χ1n) is 2.47. The van der Waals surface area contributed by atoms with Gasteiger partial charge < -0.3 is 0 Å². The minimum Gasteiger partial charge on any atom is -0.188 e. The number of nitroso groups, excluding NO2 is 1. The Bertz CT molecular complexity index is 206. The van der Waals surface area contributed by atoms with E-state index in [1.807, 2.05) is 0 Å². The van der Waals surface area contributed by atoms with Gasteiger partial charge in [0.2, 0.25) is 0 Å². The molecule has 0 aliphatic rings. The van der Waals surface area contributed by atoms with Crippen molar-refractivity contribution >= 4 is 0 Å². The number of aromatic nitrogens is 3. The number of aryl methyl sites for hydroxylation is 1. The first-order valence-corrected chi connectivity index (χ1v) is 2.47. The van der Waals surface area contributed by atoms with Crippen molar-refractivity contribution in [1.29, 1.82) is 0 Å². The van der Waals surface area contributed by atoms with Crippen LogP contribution >= 0.6 is 0 Å². The fraction of sp³-hybridized carbons (Fsp3) is 0.500. The Kier molecular flexibility index (Phi) is 1.53. The van der Waals surface area contributed by atoms with Gasteiger partial charge in [0.1, 0.15) is 12.2 Å². The van der Waals surface area contributed by atoms with Crippen LogP contribution in [0.3, 0.4) is 0 Å². The summed E-state index contributed by atoms with van der Waals surface area (Å²) in [5, 5.41) is 10.2. The summed E-state index contributed by atoms with van der Waals surface area (Å²) < 4.78 is 0. The van der Waals surface area contributed by atoms with E-state index in [2.05, 4.69) is 15.4 Å². The van der Waals surface area contributed by atoms with Crippen molar-refractivity contribution in [3.05, 3.63) is 16.8 Å². The first-order chi connectivity index (χ1) is 4.33. The number of hydrogen-bond donors (Lipinski definition) is 0. The molecule has 5 nitrogen and oxygen atoms in total. The van der Waals surface area contributed by atoms with E-state index < -0.39 is 0 Å². The van der Waals surface area contributed by atoms with Crippen LogP contribution in [0.15, 0.2) is 11.4 Å². The molecule has 0 aliphatic heterocycles. The normalized spacial score (nSPS) is 9.44. The number of rotatable bonds is 2. The average Bonchev–Trinajstić information content (AvgIpc) is 2.17. The van der Waals surface area contributed by atoms with Gasteiger partial charge >= 0.3 is 0 Å². The van der Waals surface area contributed by atoms with Crippen molar-refractivity contribution in [3.8, 4) is 0 Å². The Hall–Kier alpha value is -1.26. The summed E-state index contributed by atoms with van der Waals surface area (Å²) in [6.07, 6.45) is 1.52. The second-order valence-electron chi connectivity index (χ2n) is 1.61. The van der Waals surface area contributed by atoms with Gasteiger partial charge in [0.25, 0.3) is 0 Å². The third-order valence-corrected chi connectivity index (χ3v) is 0.874. The maximum Gasteiger partial charge on any atom is 0.127 e. The predicted molar refractivity (Wildman–Crippen MR) is 30.5 cm³/mol. The molecule has 48 valence electrons. The zero-order chi connectivity index (χ0) is 6.69. The molecule has 0 aliphatic carbocycles. The molecule has 0 atom stereocenters. The van der Waals surface area contributed by atoms with Crippen LogP contribution in [0.25, 0.3) is 0 Å². The summed E-state index contributed by atoms with van der Waals surface area (Å²) in [7, 11) is 1.69. The number of hydrogen-bond acceptors (Lipinski definition) is 4. The fourth-order valence-electron chi connectivity index (χ4n) is 0.526. The lowest BCUT2D eigenvalue weighted by Crippen LogP contribution is -1.92. The van der Waals surface area contributed by atoms with Gasteiger partial charge in [0.05, 0.1) is 6.20 Å². The van der Waals surface area contributed by atoms with Gasteiger partial charge in [-0.25, -0.2) is 0 Å². The second kappa shape index (κ2) is 2.34. The largest absolute Gasteiger partial charge is 0.188 e. The van der Waals surface area contributed by atoms with Gasteiger partial charge in [-0.3, -0.25) is 0 Å². The molecule has 9 heavy (non-hydrogen) atoms. The minimum absolute atomic E-state index is 0.105. The van der Waals surface area contributed by atoms with Crippen molar-refractivity contribution in [2.24, 2.45) is 12.2 Å². The molecule has 1 rings (SSSR count). The molecule has 0 N–H and O–H groups in total. The van der Waals surface area contributed by atoms with E-state index in [9.17, 15) is 4.91 Å². The van der Waals surface area contributed by atoms with Crippen LogP contribution in [0, 0.1) is 4.91 Å². The molecular weight excluding hydrogens is 120 g/mol. The average molecular weight is 126 g/mol. The summed E-state index contributed by atoms with van der Waals surface area (Å²) in [6.45, 7) is 0.105. The Labute approximate surface area is 51.7 Å². The van der Waals surface area contributed by atoms with E-state index in [4.69, 9.17) is 0 Å². The molecule has 0 fully saturated rings. The minimum atomic E-state index is 0.105. The lowest BCUT2D eigenvalue weighted by atomic mass is 10.5. The van der Waals surface area contributed by atoms with Crippen LogP contribution < -0.4 is 0 Å². The lowest BCUT2D eigenvalue weighted by Gasteiger charge is -1.80. The topological polar surface area (TPSA) is 60.1 Å². The standard InChI is InChI=1S/C4H6N4O/c1-8-5-2-4(7-8)3-6-9/h2H,3H2,1H3. The van der Waals surface area contributed by atoms with E-state index in [0.717, 1.165) is 0 Å². The van der Waals surface area contributed by atoms with Crippen molar-refractivity contribution in [1.82, 2.24) is 15.0 Å². The van der Waals surface area contributed by atoms with Crippen LogP contribution in [0.4, 0.5) is 0 Å². The van der Waals surface area contributed by atoms with Gasteiger partial charge in [-0.05, 0) is 0 Å². The highest BCUT2D eigenvalue weighted by atomic mass is 16.3. The monoisotopic (exact) mass is 126 g/mol. The quantitative estimate of drug-likeness (QED) is 0.527. The molecule has 0 aromatic carbocycles. The zero-order valence-corrected chi connectivity index (χ0v) is 4.98. The van der Waals surface area contributed by atoms with Gasteiger partial charge in [0, 0.05) is 7.05 Å². The third-order valence-electron chi connectivity index (χ3n) is 0.874. The Balaban J connectivity index is 2.72. The zero-order valence-electron chi connectivity index (χ0n) is 4.98. The van der Waals surface area contributed by atoms with Crippen LogP contribution in [-0.4, -0.2) is 15.0 Å². The highest BCUT2D eigenvalue weighted by molar-refractivity contribution is 4.89. The third kappa shape index (κ3) is 1.31. The second-order valence-corrected chi connectivity index (χ2v) is 1.61. The van der Waals surface area contributed by atoms with E-state index in [0.29, 0.717) is 5.69 Å². The highest BCUT2D eigenvalue weighted by Gasteiger charge is 1.94. The van der Waals surface area contributed by atoms with E-state index >= 15 is 0 Å². The molecule has 5 heteroatoms. The molecule has 0 radical (unpaired) electrons. The predicted octanol–water partition coefficient (Wildman–Crippen LogP) is 0.0815. The molecule has 1 aromatic heterocycles. The van der Waals surface area contributed by atoms with Crippen LogP contribution in [0.2, 0.25) is 0 Å². The van der Waals surface area contributed by atoms with Crippen LogP contribution in [-0.2, 0) is 13.6 Å². The SMILES string of the molecule is Cn1ncc(CN=O)n1.